The molecule has 1 amide bonds. The van der Waals surface area contributed by atoms with Crippen LogP contribution in [-0.2, 0) is 14.9 Å². The number of nitro benzene ring substituents is 1. The van der Waals surface area contributed by atoms with Crippen molar-refractivity contribution in [2.24, 2.45) is 0 Å². The van der Waals surface area contributed by atoms with Crippen molar-refractivity contribution in [1.29, 1.82) is 5.26 Å². The molecule has 160 valence electrons. The van der Waals surface area contributed by atoms with Gasteiger partial charge in [0.25, 0.3) is 11.6 Å². The Hall–Kier alpha value is -4.49. The number of nitriles is 1. The number of amides is 1. The Kier molecular flexibility index (Phi) is 6.62. The minimum absolute atomic E-state index is 0.00672. The molecule has 0 atom stereocenters. The van der Waals surface area contributed by atoms with Crippen molar-refractivity contribution < 1.29 is 22.3 Å². The first kappa shape index (κ1) is 22.2. The fraction of sp³-hybridized carbons (Fsp3) is 0. The predicted molar refractivity (Wildman–Crippen MR) is 116 cm³/mol. The van der Waals surface area contributed by atoms with Gasteiger partial charge < -0.3 is 9.50 Å². The zero-order chi connectivity index (χ0) is 23.1. The molecule has 32 heavy (non-hydrogen) atoms. The molecule has 0 saturated heterocycles. The van der Waals surface area contributed by atoms with Crippen molar-refractivity contribution in [2.75, 3.05) is 5.32 Å². The first-order valence-corrected chi connectivity index (χ1v) is 10.5. The van der Waals surface area contributed by atoms with Crippen molar-refractivity contribution in [3.63, 3.8) is 0 Å². The topological polar surface area (TPSA) is 139 Å². The lowest BCUT2D eigenvalue weighted by molar-refractivity contribution is -0.384. The number of non-ortho nitro benzene ring substituents is 1. The molecule has 0 heterocycles. The number of carbonyl (C=O) groups excluding carboxylic acids is 1. The fourth-order valence-corrected chi connectivity index (χ4v) is 3.49. The Morgan fingerprint density at radius 1 is 1.00 bits per heavy atom. The molecule has 3 aromatic rings. The van der Waals surface area contributed by atoms with E-state index in [-0.39, 0.29) is 21.9 Å². The summed E-state index contributed by atoms with van der Waals surface area (Å²) in [4.78, 5) is 22.1. The SMILES string of the molecule is N#C/C(=C\c1ccc(OS(=O)(=O)c2ccc([N+](=O)[O-])cc2)cc1)C(=O)Nc1ccccc1. The van der Waals surface area contributed by atoms with E-state index in [0.29, 0.717) is 11.3 Å². The highest BCUT2D eigenvalue weighted by molar-refractivity contribution is 7.87. The van der Waals surface area contributed by atoms with Crippen LogP contribution in [0, 0.1) is 21.4 Å². The second-order valence-corrected chi connectivity index (χ2v) is 7.89. The molecule has 0 unspecified atom stereocenters. The summed E-state index contributed by atoms with van der Waals surface area (Å²) in [6.45, 7) is 0. The standard InChI is InChI=1S/C22H15N3O6S/c23-15-17(22(26)24-18-4-2-1-3-5-18)14-16-6-10-20(11-7-16)31-32(29,30)21-12-8-19(9-13-21)25(27)28/h1-14H,(H,24,26)/b17-14+. The Labute approximate surface area is 183 Å². The summed E-state index contributed by atoms with van der Waals surface area (Å²) in [6.07, 6.45) is 1.35. The number of hydrogen-bond acceptors (Lipinski definition) is 7. The van der Waals surface area contributed by atoms with Gasteiger partial charge >= 0.3 is 10.1 Å². The molecule has 0 fully saturated rings. The maximum atomic E-state index is 12.4. The molecule has 3 aromatic carbocycles. The monoisotopic (exact) mass is 449 g/mol. The van der Waals surface area contributed by atoms with Gasteiger partial charge in [0, 0.05) is 17.8 Å². The van der Waals surface area contributed by atoms with Gasteiger partial charge in [-0.3, -0.25) is 14.9 Å². The van der Waals surface area contributed by atoms with Crippen LogP contribution in [0.5, 0.6) is 5.75 Å². The smallest absolute Gasteiger partial charge is 0.339 e. The third-order valence-corrected chi connectivity index (χ3v) is 5.39. The summed E-state index contributed by atoms with van der Waals surface area (Å²) >= 11 is 0. The summed E-state index contributed by atoms with van der Waals surface area (Å²) in [5.74, 6) is -0.590. The van der Waals surface area contributed by atoms with Gasteiger partial charge in [-0.2, -0.15) is 13.7 Å². The normalized spacial score (nSPS) is 11.3. The van der Waals surface area contributed by atoms with E-state index in [1.807, 2.05) is 6.07 Å². The summed E-state index contributed by atoms with van der Waals surface area (Å²) in [6, 6.07) is 20.4. The van der Waals surface area contributed by atoms with E-state index in [0.717, 1.165) is 24.3 Å². The molecule has 9 nitrogen and oxygen atoms in total. The summed E-state index contributed by atoms with van der Waals surface area (Å²) in [7, 11) is -4.20. The first-order chi connectivity index (χ1) is 15.3. The lowest BCUT2D eigenvalue weighted by Crippen LogP contribution is -2.13. The average molecular weight is 449 g/mol. The molecule has 0 aliphatic rings. The van der Waals surface area contributed by atoms with E-state index in [1.54, 1.807) is 30.3 Å². The van der Waals surface area contributed by atoms with Crippen LogP contribution < -0.4 is 9.50 Å². The molecule has 0 saturated carbocycles. The number of nitrogens with one attached hydrogen (secondary N) is 1. The van der Waals surface area contributed by atoms with E-state index in [2.05, 4.69) is 5.32 Å². The van der Waals surface area contributed by atoms with Crippen LogP contribution in [-0.4, -0.2) is 19.2 Å². The van der Waals surface area contributed by atoms with Crippen molar-refractivity contribution in [1.82, 2.24) is 0 Å². The van der Waals surface area contributed by atoms with Gasteiger partial charge in [-0.15, -0.1) is 0 Å². The highest BCUT2D eigenvalue weighted by atomic mass is 32.2. The van der Waals surface area contributed by atoms with Gasteiger partial charge in [0.1, 0.15) is 22.3 Å². The minimum atomic E-state index is -4.20. The van der Waals surface area contributed by atoms with Crippen LogP contribution in [0.25, 0.3) is 6.08 Å². The van der Waals surface area contributed by atoms with Crippen LogP contribution >= 0.6 is 0 Å². The predicted octanol–water partition coefficient (Wildman–Crippen LogP) is 3.91. The Morgan fingerprint density at radius 2 is 1.62 bits per heavy atom. The molecule has 0 aliphatic heterocycles. The molecule has 0 bridgehead atoms. The van der Waals surface area contributed by atoms with Crippen LogP contribution in [0.3, 0.4) is 0 Å². The van der Waals surface area contributed by atoms with Gasteiger partial charge in [-0.1, -0.05) is 30.3 Å². The molecule has 10 heteroatoms. The maximum Gasteiger partial charge on any atom is 0.339 e. The maximum absolute atomic E-state index is 12.4. The largest absolute Gasteiger partial charge is 0.379 e. The van der Waals surface area contributed by atoms with Crippen molar-refractivity contribution >= 4 is 33.5 Å². The molecule has 0 aromatic heterocycles. The number of para-hydroxylation sites is 1. The lowest BCUT2D eigenvalue weighted by atomic mass is 10.1. The van der Waals surface area contributed by atoms with Crippen molar-refractivity contribution in [2.45, 2.75) is 4.90 Å². The van der Waals surface area contributed by atoms with Gasteiger partial charge in [-0.25, -0.2) is 0 Å². The molecule has 0 radical (unpaired) electrons. The van der Waals surface area contributed by atoms with E-state index >= 15 is 0 Å². The fourth-order valence-electron chi connectivity index (χ4n) is 2.56. The number of benzene rings is 3. The van der Waals surface area contributed by atoms with Crippen LogP contribution in [0.4, 0.5) is 11.4 Å². The summed E-state index contributed by atoms with van der Waals surface area (Å²) in [5, 5.41) is 22.6. The average Bonchev–Trinajstić information content (AvgIpc) is 2.79. The Morgan fingerprint density at radius 3 is 2.19 bits per heavy atom. The number of carbonyl (C=O) groups is 1. The van der Waals surface area contributed by atoms with Crippen molar-refractivity contribution in [3.8, 4) is 11.8 Å². The Bertz CT molecular complexity index is 1310. The second-order valence-electron chi connectivity index (χ2n) is 6.35. The van der Waals surface area contributed by atoms with E-state index in [4.69, 9.17) is 4.18 Å². The van der Waals surface area contributed by atoms with Crippen molar-refractivity contribution in [3.05, 3.63) is 100 Å². The van der Waals surface area contributed by atoms with E-state index in [9.17, 15) is 28.6 Å². The highest BCUT2D eigenvalue weighted by Crippen LogP contribution is 2.22. The number of hydrogen-bond donors (Lipinski definition) is 1. The first-order valence-electron chi connectivity index (χ1n) is 9.06. The minimum Gasteiger partial charge on any atom is -0.379 e. The molecule has 1 N–H and O–H groups in total. The van der Waals surface area contributed by atoms with Gasteiger partial charge in [0.15, 0.2) is 0 Å². The lowest BCUT2D eigenvalue weighted by Gasteiger charge is -2.07. The van der Waals surface area contributed by atoms with Gasteiger partial charge in [0.2, 0.25) is 0 Å². The van der Waals surface area contributed by atoms with E-state index < -0.39 is 20.9 Å². The summed E-state index contributed by atoms with van der Waals surface area (Å²) in [5.41, 5.74) is 0.634. The summed E-state index contributed by atoms with van der Waals surface area (Å²) < 4.78 is 29.7. The number of rotatable bonds is 7. The molecule has 0 spiro atoms. The number of nitro groups is 1. The second kappa shape index (κ2) is 9.55. The third kappa shape index (κ3) is 5.56. The van der Waals surface area contributed by atoms with Crippen LogP contribution in [0.2, 0.25) is 0 Å². The van der Waals surface area contributed by atoms with Crippen LogP contribution in [0.15, 0.2) is 89.3 Å². The van der Waals surface area contributed by atoms with Gasteiger partial charge in [-0.05, 0) is 48.0 Å². The molecular weight excluding hydrogens is 434 g/mol. The zero-order valence-electron chi connectivity index (χ0n) is 16.3. The quantitative estimate of drug-likeness (QED) is 0.190. The van der Waals surface area contributed by atoms with Crippen LogP contribution in [0.1, 0.15) is 5.56 Å². The number of nitrogens with zero attached hydrogens (tertiary/aromatic N) is 2. The zero-order valence-corrected chi connectivity index (χ0v) is 17.2. The Balaban J connectivity index is 1.72. The van der Waals surface area contributed by atoms with E-state index in [1.165, 1.54) is 30.3 Å². The molecule has 0 aliphatic carbocycles. The third-order valence-electron chi connectivity index (χ3n) is 4.13. The highest BCUT2D eigenvalue weighted by Gasteiger charge is 2.18. The van der Waals surface area contributed by atoms with Gasteiger partial charge in [0.05, 0.1) is 4.92 Å². The molecular formula is C22H15N3O6S. The molecule has 3 rings (SSSR count). The number of anilines is 1.